The van der Waals surface area contributed by atoms with E-state index in [4.69, 9.17) is 23.2 Å². The Morgan fingerprint density at radius 3 is 2.88 bits per heavy atom. The van der Waals surface area contributed by atoms with Crippen molar-refractivity contribution in [1.82, 2.24) is 9.97 Å². The van der Waals surface area contributed by atoms with Crippen molar-refractivity contribution in [3.8, 4) is 0 Å². The maximum Gasteiger partial charge on any atom is 0.108 e. The molecule has 0 saturated carbocycles. The second kappa shape index (κ2) is 4.87. The van der Waals surface area contributed by atoms with Crippen LogP contribution in [0.4, 0.5) is 0 Å². The second-order valence-corrected chi connectivity index (χ2v) is 4.27. The van der Waals surface area contributed by atoms with Crippen LogP contribution in [0.25, 0.3) is 0 Å². The standard InChI is InChI=1S/C11H10Cl2N2O/c12-7-1-2-9(13)8(5-7)10(16)6-11-14-3-4-15-11/h1-5,10,16H,6H2,(H,14,15). The van der Waals surface area contributed by atoms with Gasteiger partial charge in [-0.1, -0.05) is 23.2 Å². The van der Waals surface area contributed by atoms with Crippen LogP contribution >= 0.6 is 23.2 Å². The minimum atomic E-state index is -0.711. The molecule has 1 atom stereocenters. The van der Waals surface area contributed by atoms with Crippen LogP contribution in [-0.4, -0.2) is 15.1 Å². The van der Waals surface area contributed by atoms with E-state index < -0.39 is 6.10 Å². The summed E-state index contributed by atoms with van der Waals surface area (Å²) >= 11 is 11.8. The Labute approximate surface area is 103 Å². The van der Waals surface area contributed by atoms with Gasteiger partial charge in [0.15, 0.2) is 0 Å². The smallest absolute Gasteiger partial charge is 0.108 e. The summed E-state index contributed by atoms with van der Waals surface area (Å²) in [4.78, 5) is 6.97. The molecule has 16 heavy (non-hydrogen) atoms. The van der Waals surface area contributed by atoms with Gasteiger partial charge in [0, 0.05) is 34.4 Å². The van der Waals surface area contributed by atoms with Crippen molar-refractivity contribution in [3.05, 3.63) is 52.0 Å². The second-order valence-electron chi connectivity index (χ2n) is 3.42. The number of hydrogen-bond donors (Lipinski definition) is 2. The molecule has 1 aromatic heterocycles. The van der Waals surface area contributed by atoms with E-state index in [1.54, 1.807) is 30.6 Å². The van der Waals surface area contributed by atoms with Gasteiger partial charge >= 0.3 is 0 Å². The first-order chi connectivity index (χ1) is 7.66. The fourth-order valence-electron chi connectivity index (χ4n) is 1.47. The van der Waals surface area contributed by atoms with Crippen molar-refractivity contribution in [2.45, 2.75) is 12.5 Å². The van der Waals surface area contributed by atoms with Crippen LogP contribution in [0, 0.1) is 0 Å². The molecular formula is C11H10Cl2N2O. The molecule has 0 amide bonds. The summed E-state index contributed by atoms with van der Waals surface area (Å²) in [6, 6.07) is 5.02. The van der Waals surface area contributed by atoms with Gasteiger partial charge in [-0.2, -0.15) is 0 Å². The Bertz CT molecular complexity index is 471. The highest BCUT2D eigenvalue weighted by molar-refractivity contribution is 6.33. The highest BCUT2D eigenvalue weighted by Crippen LogP contribution is 2.27. The number of nitrogens with zero attached hydrogens (tertiary/aromatic N) is 1. The largest absolute Gasteiger partial charge is 0.388 e. The van der Waals surface area contributed by atoms with E-state index in [0.717, 1.165) is 0 Å². The molecule has 84 valence electrons. The van der Waals surface area contributed by atoms with Gasteiger partial charge in [0.05, 0.1) is 6.10 Å². The summed E-state index contributed by atoms with van der Waals surface area (Å²) in [6.45, 7) is 0. The van der Waals surface area contributed by atoms with Crippen LogP contribution in [0.1, 0.15) is 17.5 Å². The lowest BCUT2D eigenvalue weighted by atomic mass is 10.1. The molecule has 2 rings (SSSR count). The quantitative estimate of drug-likeness (QED) is 0.887. The van der Waals surface area contributed by atoms with Crippen molar-refractivity contribution < 1.29 is 5.11 Å². The van der Waals surface area contributed by atoms with Crippen LogP contribution in [0.2, 0.25) is 10.0 Å². The summed E-state index contributed by atoms with van der Waals surface area (Å²) in [7, 11) is 0. The van der Waals surface area contributed by atoms with Crippen molar-refractivity contribution in [2.24, 2.45) is 0 Å². The third kappa shape index (κ3) is 2.55. The number of imidazole rings is 1. The van der Waals surface area contributed by atoms with Crippen molar-refractivity contribution in [1.29, 1.82) is 0 Å². The molecule has 0 fully saturated rings. The highest BCUT2D eigenvalue weighted by Gasteiger charge is 2.13. The summed E-state index contributed by atoms with van der Waals surface area (Å²) in [5.41, 5.74) is 0.616. The van der Waals surface area contributed by atoms with Crippen LogP contribution in [-0.2, 0) is 6.42 Å². The number of aliphatic hydroxyl groups excluding tert-OH is 1. The van der Waals surface area contributed by atoms with Crippen LogP contribution in [0.15, 0.2) is 30.6 Å². The summed E-state index contributed by atoms with van der Waals surface area (Å²) in [5.74, 6) is 0.712. The fraction of sp³-hybridized carbons (Fsp3) is 0.182. The minimum absolute atomic E-state index is 0.382. The van der Waals surface area contributed by atoms with E-state index in [2.05, 4.69) is 9.97 Å². The number of benzene rings is 1. The molecule has 1 aromatic carbocycles. The molecule has 0 aliphatic rings. The fourth-order valence-corrected chi connectivity index (χ4v) is 1.90. The zero-order chi connectivity index (χ0) is 11.5. The van der Waals surface area contributed by atoms with E-state index in [-0.39, 0.29) is 0 Å². The summed E-state index contributed by atoms with van der Waals surface area (Å²) in [5, 5.41) is 11.1. The number of aromatic amines is 1. The first-order valence-electron chi connectivity index (χ1n) is 4.78. The van der Waals surface area contributed by atoms with Crippen molar-refractivity contribution in [2.75, 3.05) is 0 Å². The van der Waals surface area contributed by atoms with Gasteiger partial charge in [-0.3, -0.25) is 0 Å². The zero-order valence-electron chi connectivity index (χ0n) is 8.32. The van der Waals surface area contributed by atoms with Crippen LogP contribution < -0.4 is 0 Å². The molecule has 0 aliphatic carbocycles. The van der Waals surface area contributed by atoms with Gasteiger partial charge in [0.1, 0.15) is 5.82 Å². The Morgan fingerprint density at radius 1 is 1.38 bits per heavy atom. The van der Waals surface area contributed by atoms with Crippen LogP contribution in [0.5, 0.6) is 0 Å². The molecule has 0 radical (unpaired) electrons. The molecule has 0 spiro atoms. The molecule has 2 N–H and O–H groups in total. The van der Waals surface area contributed by atoms with Gasteiger partial charge in [-0.25, -0.2) is 4.98 Å². The Hall–Kier alpha value is -1.03. The molecule has 1 unspecified atom stereocenters. The van der Waals surface area contributed by atoms with E-state index in [1.165, 1.54) is 0 Å². The van der Waals surface area contributed by atoms with E-state index >= 15 is 0 Å². The molecule has 5 heteroatoms. The molecule has 0 aliphatic heterocycles. The normalized spacial score (nSPS) is 12.7. The topological polar surface area (TPSA) is 48.9 Å². The molecule has 3 nitrogen and oxygen atoms in total. The zero-order valence-corrected chi connectivity index (χ0v) is 9.83. The average molecular weight is 257 g/mol. The predicted octanol–water partition coefficient (Wildman–Crippen LogP) is 2.99. The molecule has 0 saturated heterocycles. The number of H-pyrrole nitrogens is 1. The van der Waals surface area contributed by atoms with E-state index in [9.17, 15) is 5.11 Å². The SMILES string of the molecule is OC(Cc1ncc[nH]1)c1cc(Cl)ccc1Cl. The van der Waals surface area contributed by atoms with Gasteiger partial charge < -0.3 is 10.1 Å². The molecule has 0 bridgehead atoms. The van der Waals surface area contributed by atoms with E-state index in [1.807, 2.05) is 0 Å². The number of nitrogens with one attached hydrogen (secondary N) is 1. The Kier molecular flexibility index (Phi) is 3.49. The first kappa shape index (κ1) is 11.5. The van der Waals surface area contributed by atoms with Crippen molar-refractivity contribution >= 4 is 23.2 Å². The summed E-state index contributed by atoms with van der Waals surface area (Å²) < 4.78 is 0. The average Bonchev–Trinajstić information content (AvgIpc) is 2.74. The number of aromatic nitrogens is 2. The van der Waals surface area contributed by atoms with Gasteiger partial charge in [0.25, 0.3) is 0 Å². The Balaban J connectivity index is 2.20. The number of halogens is 2. The molecular weight excluding hydrogens is 247 g/mol. The van der Waals surface area contributed by atoms with Crippen molar-refractivity contribution in [3.63, 3.8) is 0 Å². The maximum absolute atomic E-state index is 9.99. The third-order valence-corrected chi connectivity index (χ3v) is 2.84. The monoisotopic (exact) mass is 256 g/mol. The van der Waals surface area contributed by atoms with Gasteiger partial charge in [0.2, 0.25) is 0 Å². The highest BCUT2D eigenvalue weighted by atomic mass is 35.5. The maximum atomic E-state index is 9.99. The molecule has 1 heterocycles. The first-order valence-corrected chi connectivity index (χ1v) is 5.53. The molecule has 2 aromatic rings. The lowest BCUT2D eigenvalue weighted by Crippen LogP contribution is -2.04. The van der Waals surface area contributed by atoms with Gasteiger partial charge in [-0.05, 0) is 18.2 Å². The predicted molar refractivity (Wildman–Crippen MR) is 63.7 cm³/mol. The van der Waals surface area contributed by atoms with E-state index in [0.29, 0.717) is 27.9 Å². The van der Waals surface area contributed by atoms with Crippen LogP contribution in [0.3, 0.4) is 0 Å². The lowest BCUT2D eigenvalue weighted by Gasteiger charge is -2.11. The Morgan fingerprint density at radius 2 is 2.19 bits per heavy atom. The third-order valence-electron chi connectivity index (χ3n) is 2.26. The number of rotatable bonds is 3. The number of aliphatic hydroxyl groups is 1. The minimum Gasteiger partial charge on any atom is -0.388 e. The lowest BCUT2D eigenvalue weighted by molar-refractivity contribution is 0.176. The number of hydrogen-bond acceptors (Lipinski definition) is 2. The summed E-state index contributed by atoms with van der Waals surface area (Å²) in [6.07, 6.45) is 3.02. The van der Waals surface area contributed by atoms with Gasteiger partial charge in [-0.15, -0.1) is 0 Å².